The van der Waals surface area contributed by atoms with Crippen LogP contribution in [0.2, 0.25) is 0 Å². The second-order valence-electron chi connectivity index (χ2n) is 5.87. The fraction of sp³-hybridized carbons (Fsp3) is 0.318. The molecule has 0 saturated carbocycles. The first-order valence-corrected chi connectivity index (χ1v) is 8.97. The van der Waals surface area contributed by atoms with Gasteiger partial charge in [0.1, 0.15) is 0 Å². The zero-order valence-electron chi connectivity index (χ0n) is 16.5. The summed E-state index contributed by atoms with van der Waals surface area (Å²) in [6.45, 7) is 30.9. The van der Waals surface area contributed by atoms with Crippen LogP contribution in [0.5, 0.6) is 0 Å². The van der Waals surface area contributed by atoms with Gasteiger partial charge in [-0.05, 0) is 30.7 Å². The van der Waals surface area contributed by atoms with Crippen molar-refractivity contribution in [2.45, 2.75) is 6.42 Å². The summed E-state index contributed by atoms with van der Waals surface area (Å²) in [6.07, 6.45) is 7.36. The van der Waals surface area contributed by atoms with Crippen LogP contribution in [0.25, 0.3) is 0 Å². The Morgan fingerprint density at radius 2 is 1.26 bits per heavy atom. The third-order valence-electron chi connectivity index (χ3n) is 3.99. The van der Waals surface area contributed by atoms with Crippen molar-refractivity contribution in [2.75, 3.05) is 39.3 Å². The van der Waals surface area contributed by atoms with Crippen LogP contribution in [0.1, 0.15) is 6.42 Å². The van der Waals surface area contributed by atoms with Gasteiger partial charge in [-0.2, -0.15) is 0 Å². The van der Waals surface area contributed by atoms with Crippen molar-refractivity contribution in [2.24, 2.45) is 0 Å². The number of amides is 1. The Bertz CT molecular complexity index is 577. The maximum absolute atomic E-state index is 11.3. The van der Waals surface area contributed by atoms with E-state index in [4.69, 9.17) is 0 Å². The first-order valence-electron chi connectivity index (χ1n) is 8.97. The van der Waals surface area contributed by atoms with E-state index in [2.05, 4.69) is 66.5 Å². The first-order chi connectivity index (χ1) is 12.9. The van der Waals surface area contributed by atoms with Crippen molar-refractivity contribution in [1.82, 2.24) is 20.4 Å². The molecule has 0 saturated heterocycles. The van der Waals surface area contributed by atoms with Crippen molar-refractivity contribution in [1.29, 1.82) is 0 Å². The van der Waals surface area contributed by atoms with Crippen molar-refractivity contribution in [3.05, 3.63) is 87.4 Å². The molecule has 0 rings (SSSR count). The first kappa shape index (κ1) is 24.1. The topological polar surface area (TPSA) is 47.6 Å². The summed E-state index contributed by atoms with van der Waals surface area (Å²) in [6, 6.07) is 0. The van der Waals surface area contributed by atoms with Crippen molar-refractivity contribution < 1.29 is 4.79 Å². The van der Waals surface area contributed by atoms with Crippen LogP contribution in [-0.2, 0) is 4.79 Å². The molecule has 0 aromatic rings. The summed E-state index contributed by atoms with van der Waals surface area (Å²) in [5.41, 5.74) is 2.51. The zero-order valence-corrected chi connectivity index (χ0v) is 16.5. The molecular formula is C22H34N4O. The number of nitrogens with one attached hydrogen (secondary N) is 2. The lowest BCUT2D eigenvalue weighted by Gasteiger charge is -2.31. The number of nitrogens with zero attached hydrogens (tertiary/aromatic N) is 2. The molecule has 0 atom stereocenters. The van der Waals surface area contributed by atoms with Crippen molar-refractivity contribution >= 4 is 5.91 Å². The van der Waals surface area contributed by atoms with E-state index in [9.17, 15) is 4.79 Å². The zero-order chi connectivity index (χ0) is 20.7. The maximum atomic E-state index is 11.3. The second kappa shape index (κ2) is 14.2. The molecule has 148 valence electrons. The van der Waals surface area contributed by atoms with E-state index in [1.54, 1.807) is 18.2 Å². The van der Waals surface area contributed by atoms with Gasteiger partial charge in [0.05, 0.1) is 0 Å². The third-order valence-corrected chi connectivity index (χ3v) is 3.99. The van der Waals surface area contributed by atoms with E-state index in [0.717, 1.165) is 49.7 Å². The molecule has 5 nitrogen and oxygen atoms in total. The highest BCUT2D eigenvalue weighted by molar-refractivity contribution is 5.86. The van der Waals surface area contributed by atoms with Gasteiger partial charge in [-0.3, -0.25) is 4.79 Å². The minimum absolute atomic E-state index is 0.186. The Hall–Kier alpha value is -2.95. The third kappa shape index (κ3) is 10.6. The van der Waals surface area contributed by atoms with Gasteiger partial charge in [0.2, 0.25) is 5.91 Å². The van der Waals surface area contributed by atoms with Crippen LogP contribution >= 0.6 is 0 Å². The molecule has 2 N–H and O–H groups in total. The number of carbonyl (C=O) groups is 1. The Morgan fingerprint density at radius 3 is 1.74 bits per heavy atom. The highest BCUT2D eigenvalue weighted by Gasteiger charge is 2.10. The van der Waals surface area contributed by atoms with Crippen molar-refractivity contribution in [3.63, 3.8) is 0 Å². The summed E-state index contributed by atoms with van der Waals surface area (Å²) in [4.78, 5) is 15.6. The van der Waals surface area contributed by atoms with E-state index >= 15 is 0 Å². The van der Waals surface area contributed by atoms with Gasteiger partial charge in [-0.25, -0.2) is 0 Å². The van der Waals surface area contributed by atoms with E-state index in [-0.39, 0.29) is 5.91 Å². The molecule has 0 bridgehead atoms. The summed E-state index contributed by atoms with van der Waals surface area (Å²) in [7, 11) is 0. The predicted molar refractivity (Wildman–Crippen MR) is 117 cm³/mol. The number of carbonyl (C=O) groups excluding carboxylic acids is 1. The molecule has 1 amide bonds. The highest BCUT2D eigenvalue weighted by atomic mass is 16.1. The van der Waals surface area contributed by atoms with E-state index in [1.165, 1.54) is 6.08 Å². The van der Waals surface area contributed by atoms with Gasteiger partial charge in [-0.15, -0.1) is 0 Å². The molecule has 0 aromatic heterocycles. The van der Waals surface area contributed by atoms with Gasteiger partial charge in [0.25, 0.3) is 0 Å². The predicted octanol–water partition coefficient (Wildman–Crippen LogP) is 2.97. The van der Waals surface area contributed by atoms with E-state index in [1.807, 2.05) is 0 Å². The number of allylic oxidation sites excluding steroid dienone is 3. The maximum Gasteiger partial charge on any atom is 0.243 e. The largest absolute Gasteiger partial charge is 0.385 e. The summed E-state index contributed by atoms with van der Waals surface area (Å²) < 4.78 is 0. The molecule has 0 spiro atoms. The van der Waals surface area contributed by atoms with Gasteiger partial charge < -0.3 is 20.4 Å². The highest BCUT2D eigenvalue weighted by Crippen LogP contribution is 2.08. The van der Waals surface area contributed by atoms with Crippen LogP contribution in [0, 0.1) is 0 Å². The lowest BCUT2D eigenvalue weighted by molar-refractivity contribution is -0.116. The Balaban J connectivity index is 4.65. The molecule has 0 unspecified atom stereocenters. The molecule has 5 heteroatoms. The molecule has 27 heavy (non-hydrogen) atoms. The SMILES string of the molecule is C=CC(=C)NCCCN(CCN(CCNC(=O)C=C)C(=C)C=C)C(=C)C=C. The van der Waals surface area contributed by atoms with Gasteiger partial charge in [0, 0.05) is 56.4 Å². The number of hydrogen-bond donors (Lipinski definition) is 2. The molecule has 0 aliphatic carbocycles. The van der Waals surface area contributed by atoms with Crippen LogP contribution < -0.4 is 10.6 Å². The van der Waals surface area contributed by atoms with E-state index < -0.39 is 0 Å². The fourth-order valence-corrected chi connectivity index (χ4v) is 2.27. The van der Waals surface area contributed by atoms with Gasteiger partial charge >= 0.3 is 0 Å². The second-order valence-corrected chi connectivity index (χ2v) is 5.87. The monoisotopic (exact) mass is 370 g/mol. The molecule has 0 aliphatic heterocycles. The Labute approximate surface area is 164 Å². The molecule has 0 aromatic carbocycles. The minimum Gasteiger partial charge on any atom is -0.385 e. The van der Waals surface area contributed by atoms with Crippen LogP contribution in [-0.4, -0.2) is 55.0 Å². The Kier molecular flexibility index (Phi) is 12.7. The minimum atomic E-state index is -0.186. The van der Waals surface area contributed by atoms with Gasteiger partial charge in [-0.1, -0.05) is 46.1 Å². The van der Waals surface area contributed by atoms with E-state index in [0.29, 0.717) is 13.1 Å². The number of rotatable bonds is 17. The molecule has 0 radical (unpaired) electrons. The average molecular weight is 371 g/mol. The Morgan fingerprint density at radius 1 is 0.704 bits per heavy atom. The molecule has 0 heterocycles. The smallest absolute Gasteiger partial charge is 0.243 e. The van der Waals surface area contributed by atoms with Crippen LogP contribution in [0.15, 0.2) is 87.4 Å². The quantitative estimate of drug-likeness (QED) is 0.235. The van der Waals surface area contributed by atoms with Crippen LogP contribution in [0.3, 0.4) is 0 Å². The lowest BCUT2D eigenvalue weighted by atomic mass is 10.3. The average Bonchev–Trinajstić information content (AvgIpc) is 2.69. The van der Waals surface area contributed by atoms with Crippen molar-refractivity contribution in [3.8, 4) is 0 Å². The normalized spacial score (nSPS) is 9.48. The summed E-state index contributed by atoms with van der Waals surface area (Å²) >= 11 is 0. The number of hydrogen-bond acceptors (Lipinski definition) is 4. The lowest BCUT2D eigenvalue weighted by Crippen LogP contribution is -2.38. The summed E-state index contributed by atoms with van der Waals surface area (Å²) in [5, 5.41) is 5.98. The van der Waals surface area contributed by atoms with Gasteiger partial charge in [0.15, 0.2) is 0 Å². The summed E-state index contributed by atoms with van der Waals surface area (Å²) in [5.74, 6) is -0.186. The standard InChI is InChI=1S/C22H34N4O/c1-8-19(5)23-13-12-15-25(20(6)9-2)17-18-26(21(7)10-3)16-14-24-22(27)11-4/h8-11,23H,1-7,12-18H2,(H,24,27). The fourth-order valence-electron chi connectivity index (χ4n) is 2.27. The molecular weight excluding hydrogens is 336 g/mol. The molecule has 0 aliphatic rings. The van der Waals surface area contributed by atoms with Crippen LogP contribution in [0.4, 0.5) is 0 Å². The molecule has 0 fully saturated rings.